The van der Waals surface area contributed by atoms with Gasteiger partial charge in [0.1, 0.15) is 5.82 Å². The van der Waals surface area contributed by atoms with Gasteiger partial charge in [0, 0.05) is 29.4 Å². The number of nitrogens with zero attached hydrogens (tertiary/aromatic N) is 4. The molecule has 7 nitrogen and oxygen atoms in total. The van der Waals surface area contributed by atoms with Crippen LogP contribution in [0, 0.1) is 11.3 Å². The highest BCUT2D eigenvalue weighted by Gasteiger charge is 2.25. The van der Waals surface area contributed by atoms with E-state index in [1.54, 1.807) is 0 Å². The summed E-state index contributed by atoms with van der Waals surface area (Å²) in [5.41, 5.74) is 3.76. The minimum Gasteiger partial charge on any atom is -0.324 e. The normalized spacial score (nSPS) is 13.6. The van der Waals surface area contributed by atoms with Gasteiger partial charge in [-0.1, -0.05) is 30.4 Å². The summed E-state index contributed by atoms with van der Waals surface area (Å²) in [6.45, 7) is 1.97. The van der Waals surface area contributed by atoms with Crippen LogP contribution in [-0.2, 0) is 6.42 Å². The average Bonchev–Trinajstić information content (AvgIpc) is 3.49. The molecular weight excluding hydrogens is 374 g/mol. The van der Waals surface area contributed by atoms with E-state index >= 15 is 0 Å². The first-order valence-corrected chi connectivity index (χ1v) is 9.97. The summed E-state index contributed by atoms with van der Waals surface area (Å²) in [6.07, 6.45) is 10.6. The van der Waals surface area contributed by atoms with E-state index in [1.165, 1.54) is 12.8 Å². The molecule has 1 saturated carbocycles. The molecule has 3 N–H and O–H groups in total. The standard InChI is InChI=1S/C23H23N7/c1-2-3-4-5-19-14-21(27-22-15-20(29-30-22)17-8-9-17)28-23(26-19)25-18-10-6-16(7-11-18)12-13-24/h2-7,10-11,14-15,17H,8-9,12H2,1H3,(H3,25,26,27,28,29,30)/b3-2-,5-4-. The number of aromatic nitrogens is 4. The van der Waals surface area contributed by atoms with Crippen LogP contribution in [-0.4, -0.2) is 20.2 Å². The van der Waals surface area contributed by atoms with E-state index in [0.29, 0.717) is 24.1 Å². The molecule has 1 aliphatic rings. The van der Waals surface area contributed by atoms with E-state index in [-0.39, 0.29) is 0 Å². The van der Waals surface area contributed by atoms with Gasteiger partial charge in [-0.25, -0.2) is 4.98 Å². The Labute approximate surface area is 175 Å². The smallest absolute Gasteiger partial charge is 0.229 e. The summed E-state index contributed by atoms with van der Waals surface area (Å²) in [7, 11) is 0. The maximum atomic E-state index is 8.82. The van der Waals surface area contributed by atoms with Crippen molar-refractivity contribution < 1.29 is 0 Å². The van der Waals surface area contributed by atoms with Gasteiger partial charge in [0.15, 0.2) is 5.82 Å². The van der Waals surface area contributed by atoms with Crippen LogP contribution < -0.4 is 10.6 Å². The highest BCUT2D eigenvalue weighted by molar-refractivity contribution is 5.62. The van der Waals surface area contributed by atoms with E-state index in [1.807, 2.05) is 67.6 Å². The van der Waals surface area contributed by atoms with Crippen molar-refractivity contribution in [2.24, 2.45) is 0 Å². The number of nitrogens with one attached hydrogen (secondary N) is 3. The van der Waals surface area contributed by atoms with Gasteiger partial charge in [0.05, 0.1) is 18.2 Å². The van der Waals surface area contributed by atoms with Gasteiger partial charge < -0.3 is 10.6 Å². The fourth-order valence-corrected chi connectivity index (χ4v) is 3.00. The lowest BCUT2D eigenvalue weighted by Crippen LogP contribution is -2.02. The monoisotopic (exact) mass is 397 g/mol. The molecule has 0 atom stereocenters. The van der Waals surface area contributed by atoms with Crippen LogP contribution in [0.15, 0.2) is 54.6 Å². The predicted molar refractivity (Wildman–Crippen MR) is 119 cm³/mol. The van der Waals surface area contributed by atoms with Gasteiger partial charge in [-0.05, 0) is 43.5 Å². The van der Waals surface area contributed by atoms with Crippen molar-refractivity contribution in [2.45, 2.75) is 32.1 Å². The third-order valence-corrected chi connectivity index (χ3v) is 4.68. The number of aromatic amines is 1. The lowest BCUT2D eigenvalue weighted by Gasteiger charge is -2.09. The number of H-pyrrole nitrogens is 1. The van der Waals surface area contributed by atoms with Crippen molar-refractivity contribution >= 4 is 29.3 Å². The van der Waals surface area contributed by atoms with Crippen LogP contribution in [0.1, 0.15) is 42.6 Å². The van der Waals surface area contributed by atoms with E-state index in [0.717, 1.165) is 28.5 Å². The van der Waals surface area contributed by atoms with Crippen LogP contribution in [0.25, 0.3) is 6.08 Å². The zero-order valence-electron chi connectivity index (χ0n) is 16.8. The molecule has 0 saturated heterocycles. The molecule has 1 aromatic carbocycles. The molecule has 0 unspecified atom stereocenters. The Morgan fingerprint density at radius 2 is 1.93 bits per heavy atom. The van der Waals surface area contributed by atoms with E-state index < -0.39 is 0 Å². The number of allylic oxidation sites excluding steroid dienone is 3. The minimum atomic E-state index is 0.391. The van der Waals surface area contributed by atoms with Crippen LogP contribution >= 0.6 is 0 Å². The Morgan fingerprint density at radius 1 is 1.10 bits per heavy atom. The molecular formula is C23H23N7. The number of anilines is 4. The van der Waals surface area contributed by atoms with Crippen LogP contribution in [0.3, 0.4) is 0 Å². The van der Waals surface area contributed by atoms with Gasteiger partial charge in [-0.3, -0.25) is 5.10 Å². The Kier molecular flexibility index (Phi) is 5.85. The Bertz CT molecular complexity index is 1100. The Hall–Kier alpha value is -3.92. The summed E-state index contributed by atoms with van der Waals surface area (Å²) >= 11 is 0. The molecule has 1 fully saturated rings. The number of hydrogen-bond acceptors (Lipinski definition) is 6. The van der Waals surface area contributed by atoms with Crippen LogP contribution in [0.5, 0.6) is 0 Å². The third-order valence-electron chi connectivity index (χ3n) is 4.68. The number of hydrogen-bond donors (Lipinski definition) is 3. The van der Waals surface area contributed by atoms with E-state index in [4.69, 9.17) is 5.26 Å². The van der Waals surface area contributed by atoms with E-state index in [9.17, 15) is 0 Å². The molecule has 0 radical (unpaired) electrons. The minimum absolute atomic E-state index is 0.391. The Balaban J connectivity index is 1.56. The predicted octanol–water partition coefficient (Wildman–Crippen LogP) is 5.22. The highest BCUT2D eigenvalue weighted by atomic mass is 15.2. The fraction of sp³-hybridized carbons (Fsp3) is 0.217. The van der Waals surface area contributed by atoms with Gasteiger partial charge >= 0.3 is 0 Å². The lowest BCUT2D eigenvalue weighted by molar-refractivity contribution is 0.966. The Morgan fingerprint density at radius 3 is 2.67 bits per heavy atom. The molecule has 7 heteroatoms. The van der Waals surface area contributed by atoms with E-state index in [2.05, 4.69) is 36.9 Å². The van der Waals surface area contributed by atoms with Gasteiger partial charge in [-0.15, -0.1) is 0 Å². The lowest BCUT2D eigenvalue weighted by atomic mass is 10.1. The first kappa shape index (κ1) is 19.4. The molecule has 0 bridgehead atoms. The second-order valence-corrected chi connectivity index (χ2v) is 7.15. The van der Waals surface area contributed by atoms with Gasteiger partial charge in [0.25, 0.3) is 0 Å². The average molecular weight is 397 g/mol. The molecule has 0 spiro atoms. The fourth-order valence-electron chi connectivity index (χ4n) is 3.00. The van der Waals surface area contributed by atoms with Crippen molar-refractivity contribution in [3.8, 4) is 6.07 Å². The zero-order valence-corrected chi connectivity index (χ0v) is 16.8. The van der Waals surface area contributed by atoms with Crippen molar-refractivity contribution in [1.82, 2.24) is 20.2 Å². The molecule has 4 rings (SSSR count). The topological polar surface area (TPSA) is 102 Å². The second-order valence-electron chi connectivity index (χ2n) is 7.15. The second kappa shape index (κ2) is 9.05. The molecule has 2 aromatic heterocycles. The summed E-state index contributed by atoms with van der Waals surface area (Å²) in [5, 5.41) is 22.8. The summed E-state index contributed by atoms with van der Waals surface area (Å²) in [6, 6.07) is 13.7. The number of rotatable bonds is 8. The summed E-state index contributed by atoms with van der Waals surface area (Å²) in [4.78, 5) is 9.17. The van der Waals surface area contributed by atoms with Gasteiger partial charge in [0.2, 0.25) is 5.95 Å². The third kappa shape index (κ3) is 5.11. The molecule has 0 aliphatic heterocycles. The van der Waals surface area contributed by atoms with Crippen molar-refractivity contribution in [3.63, 3.8) is 0 Å². The van der Waals surface area contributed by atoms with Gasteiger partial charge in [-0.2, -0.15) is 15.3 Å². The molecule has 30 heavy (non-hydrogen) atoms. The largest absolute Gasteiger partial charge is 0.324 e. The first-order valence-electron chi connectivity index (χ1n) is 9.97. The van der Waals surface area contributed by atoms with Crippen LogP contribution in [0.4, 0.5) is 23.3 Å². The van der Waals surface area contributed by atoms with Crippen molar-refractivity contribution in [1.29, 1.82) is 5.26 Å². The number of benzene rings is 1. The van der Waals surface area contributed by atoms with Crippen molar-refractivity contribution in [3.05, 3.63) is 71.6 Å². The quantitative estimate of drug-likeness (QED) is 0.450. The zero-order chi connectivity index (χ0) is 20.8. The van der Waals surface area contributed by atoms with Crippen molar-refractivity contribution in [2.75, 3.05) is 10.6 Å². The molecule has 0 amide bonds. The molecule has 3 aromatic rings. The maximum Gasteiger partial charge on any atom is 0.229 e. The summed E-state index contributed by atoms with van der Waals surface area (Å²) in [5.74, 6) is 2.48. The van der Waals surface area contributed by atoms with Crippen LogP contribution in [0.2, 0.25) is 0 Å². The maximum absolute atomic E-state index is 8.82. The molecule has 2 heterocycles. The molecule has 1 aliphatic carbocycles. The summed E-state index contributed by atoms with van der Waals surface area (Å²) < 4.78 is 0. The first-order chi connectivity index (χ1) is 14.7. The highest BCUT2D eigenvalue weighted by Crippen LogP contribution is 2.39. The molecule has 150 valence electrons. The number of nitriles is 1. The SMILES string of the molecule is C/C=C\C=C/c1cc(Nc2cc(C3CC3)[nH]n2)nc(Nc2ccc(CC#N)cc2)n1.